The van der Waals surface area contributed by atoms with Crippen LogP contribution >= 0.6 is 11.8 Å². The van der Waals surface area contributed by atoms with Crippen LogP contribution in [-0.4, -0.2) is 27.9 Å². The van der Waals surface area contributed by atoms with Crippen molar-refractivity contribution in [3.8, 4) is 11.1 Å². The first-order chi connectivity index (χ1) is 24.1. The highest BCUT2D eigenvalue weighted by atomic mass is 32.2. The van der Waals surface area contributed by atoms with Gasteiger partial charge in [0.05, 0.1) is 23.8 Å². The Morgan fingerprint density at radius 3 is 2.12 bits per heavy atom. The molecule has 2 N–H and O–H groups in total. The van der Waals surface area contributed by atoms with Crippen LogP contribution in [0.5, 0.6) is 0 Å². The highest BCUT2D eigenvalue weighted by Crippen LogP contribution is 2.43. The lowest BCUT2D eigenvalue weighted by Crippen LogP contribution is -2.38. The van der Waals surface area contributed by atoms with Gasteiger partial charge in [0, 0.05) is 30.0 Å². The number of aliphatic hydroxyl groups is 1. The number of pyridine rings is 1. The molecule has 1 aliphatic heterocycles. The van der Waals surface area contributed by atoms with E-state index in [1.165, 1.54) is 0 Å². The summed E-state index contributed by atoms with van der Waals surface area (Å²) in [4.78, 5) is 16.9. The fourth-order valence-corrected chi connectivity index (χ4v) is 6.71. The summed E-state index contributed by atoms with van der Waals surface area (Å²) in [6.45, 7) is 1.80. The Morgan fingerprint density at radius 1 is 0.780 bits per heavy atom. The summed E-state index contributed by atoms with van der Waals surface area (Å²) in [5.41, 5.74) is 3.11. The maximum absolute atomic E-state index is 14.1. The standard InChI is InChI=1S/C38H31F5N2O4S/c1-21-28(20-50-29-7-2-3-16-44-29)48-38(49-36(21)25-10-8-22(19-46)9-11-25)26-14-12-24(13-15-26)27-6-4-5-23(17-27)18-45-37(47)30-31(39)33(41)35(43)34(42)32(30)40/h2-17,21,28,36,38,46H,18-20H2,1H3,(H,45,47)/t21-,28+,36+,38+/m0/s1. The third-order valence-electron chi connectivity index (χ3n) is 8.49. The van der Waals surface area contributed by atoms with Gasteiger partial charge in [0.25, 0.3) is 5.91 Å². The molecule has 6 rings (SSSR count). The number of carbonyl (C=O) groups is 1. The van der Waals surface area contributed by atoms with Crippen molar-refractivity contribution in [2.24, 2.45) is 5.92 Å². The summed E-state index contributed by atoms with van der Waals surface area (Å²) in [6, 6.07) is 27.9. The summed E-state index contributed by atoms with van der Waals surface area (Å²) in [5, 5.41) is 12.6. The largest absolute Gasteiger partial charge is 0.392 e. The number of rotatable bonds is 10. The molecular formula is C38H31F5N2O4S. The summed E-state index contributed by atoms with van der Waals surface area (Å²) in [5.74, 6) is -11.9. The lowest BCUT2D eigenvalue weighted by molar-refractivity contribution is -0.268. The van der Waals surface area contributed by atoms with Crippen molar-refractivity contribution < 1.29 is 41.3 Å². The summed E-state index contributed by atoms with van der Waals surface area (Å²) >= 11 is 1.60. The van der Waals surface area contributed by atoms with Gasteiger partial charge in [0.2, 0.25) is 5.82 Å². The van der Waals surface area contributed by atoms with Crippen LogP contribution in [0.15, 0.2) is 102 Å². The molecule has 1 aromatic heterocycles. The first-order valence-corrected chi connectivity index (χ1v) is 16.7. The van der Waals surface area contributed by atoms with Crippen LogP contribution in [0, 0.1) is 35.0 Å². The number of aromatic nitrogens is 1. The van der Waals surface area contributed by atoms with Crippen molar-refractivity contribution >= 4 is 17.7 Å². The van der Waals surface area contributed by atoms with E-state index in [0.29, 0.717) is 11.3 Å². The molecule has 5 aromatic rings. The maximum Gasteiger partial charge on any atom is 0.257 e. The molecule has 4 atom stereocenters. The lowest BCUT2D eigenvalue weighted by atomic mass is 9.91. The van der Waals surface area contributed by atoms with Gasteiger partial charge in [-0.2, -0.15) is 0 Å². The molecule has 0 spiro atoms. The van der Waals surface area contributed by atoms with Gasteiger partial charge in [-0.05, 0) is 46.0 Å². The topological polar surface area (TPSA) is 80.7 Å². The van der Waals surface area contributed by atoms with Crippen molar-refractivity contribution in [1.29, 1.82) is 0 Å². The highest BCUT2D eigenvalue weighted by molar-refractivity contribution is 7.99. The molecule has 1 fully saturated rings. The number of amides is 1. The molecule has 0 radical (unpaired) electrons. The Morgan fingerprint density at radius 2 is 1.46 bits per heavy atom. The molecule has 0 aliphatic carbocycles. The Bertz CT molecular complexity index is 1940. The van der Waals surface area contributed by atoms with E-state index in [4.69, 9.17) is 9.47 Å². The Kier molecular flexibility index (Phi) is 10.9. The quantitative estimate of drug-likeness (QED) is 0.0657. The van der Waals surface area contributed by atoms with E-state index < -0.39 is 46.8 Å². The SMILES string of the molecule is C[C@H]1[C@@H](CSc2ccccn2)O[C@@H](c2ccc(-c3cccc(CNC(=O)c4c(F)c(F)c(F)c(F)c4F)c3)cc2)O[C@H]1c1ccc(CO)cc1. The molecule has 12 heteroatoms. The minimum atomic E-state index is -2.33. The highest BCUT2D eigenvalue weighted by Gasteiger charge is 2.38. The monoisotopic (exact) mass is 706 g/mol. The molecule has 1 aliphatic rings. The molecule has 258 valence electrons. The molecule has 6 nitrogen and oxygen atoms in total. The van der Waals surface area contributed by atoms with Crippen molar-refractivity contribution in [3.05, 3.63) is 154 Å². The van der Waals surface area contributed by atoms with Crippen LogP contribution in [0.3, 0.4) is 0 Å². The molecule has 50 heavy (non-hydrogen) atoms. The fourth-order valence-electron chi connectivity index (χ4n) is 5.68. The minimum absolute atomic E-state index is 0.000896. The zero-order chi connectivity index (χ0) is 35.4. The van der Waals surface area contributed by atoms with E-state index >= 15 is 0 Å². The van der Waals surface area contributed by atoms with E-state index in [1.54, 1.807) is 36.2 Å². The van der Waals surface area contributed by atoms with Crippen molar-refractivity contribution in [3.63, 3.8) is 0 Å². The van der Waals surface area contributed by atoms with E-state index in [0.717, 1.165) is 32.8 Å². The van der Waals surface area contributed by atoms with Crippen molar-refractivity contribution in [2.75, 3.05) is 5.75 Å². The Hall–Kier alpha value is -4.62. The number of hydrogen-bond donors (Lipinski definition) is 2. The van der Waals surface area contributed by atoms with Gasteiger partial charge in [-0.15, -0.1) is 11.8 Å². The van der Waals surface area contributed by atoms with Crippen LogP contribution in [0.4, 0.5) is 22.0 Å². The maximum atomic E-state index is 14.1. The van der Waals surface area contributed by atoms with Gasteiger partial charge in [0.1, 0.15) is 5.56 Å². The number of thioether (sulfide) groups is 1. The zero-order valence-electron chi connectivity index (χ0n) is 26.6. The number of hydrogen-bond acceptors (Lipinski definition) is 6. The number of nitrogens with zero attached hydrogens (tertiary/aromatic N) is 1. The Balaban J connectivity index is 1.18. The van der Waals surface area contributed by atoms with Gasteiger partial charge >= 0.3 is 0 Å². The minimum Gasteiger partial charge on any atom is -0.392 e. The number of ether oxygens (including phenoxy) is 2. The average molecular weight is 707 g/mol. The number of halogens is 5. The predicted octanol–water partition coefficient (Wildman–Crippen LogP) is 8.45. The second-order valence-electron chi connectivity index (χ2n) is 11.8. The van der Waals surface area contributed by atoms with E-state index in [1.807, 2.05) is 72.8 Å². The van der Waals surface area contributed by atoms with Gasteiger partial charge in [-0.1, -0.05) is 79.7 Å². The smallest absolute Gasteiger partial charge is 0.257 e. The second kappa shape index (κ2) is 15.5. The van der Waals surface area contributed by atoms with Crippen LogP contribution in [0.1, 0.15) is 51.9 Å². The molecule has 1 amide bonds. The van der Waals surface area contributed by atoms with Crippen molar-refractivity contribution in [1.82, 2.24) is 10.3 Å². The number of aliphatic hydroxyl groups excluding tert-OH is 1. The molecular weight excluding hydrogens is 675 g/mol. The first kappa shape index (κ1) is 35.2. The first-order valence-electron chi connectivity index (χ1n) is 15.7. The molecule has 0 bridgehead atoms. The molecule has 4 aromatic carbocycles. The van der Waals surface area contributed by atoms with Gasteiger partial charge in [-0.3, -0.25) is 4.79 Å². The fraction of sp³-hybridized carbons (Fsp3) is 0.211. The summed E-state index contributed by atoms with van der Waals surface area (Å²) < 4.78 is 81.9. The van der Waals surface area contributed by atoms with Gasteiger partial charge in [-0.25, -0.2) is 26.9 Å². The molecule has 0 unspecified atom stereocenters. The third-order valence-corrected chi connectivity index (χ3v) is 9.52. The van der Waals surface area contributed by atoms with Crippen LogP contribution in [-0.2, 0) is 22.6 Å². The summed E-state index contributed by atoms with van der Waals surface area (Å²) in [7, 11) is 0. The molecule has 0 saturated carbocycles. The van der Waals surface area contributed by atoms with Crippen molar-refractivity contribution in [2.45, 2.75) is 43.6 Å². The number of nitrogens with one attached hydrogen (secondary N) is 1. The Labute approximate surface area is 289 Å². The molecule has 2 heterocycles. The second-order valence-corrected chi connectivity index (χ2v) is 12.8. The number of carbonyl (C=O) groups excluding carboxylic acids is 1. The molecule has 1 saturated heterocycles. The normalized spacial score (nSPS) is 18.9. The lowest BCUT2D eigenvalue weighted by Gasteiger charge is -2.41. The van der Waals surface area contributed by atoms with Crippen LogP contribution < -0.4 is 5.32 Å². The van der Waals surface area contributed by atoms with E-state index in [9.17, 15) is 31.9 Å². The summed E-state index contributed by atoms with van der Waals surface area (Å²) in [6.07, 6.45) is 0.603. The van der Waals surface area contributed by atoms with Gasteiger partial charge in [0.15, 0.2) is 29.6 Å². The zero-order valence-corrected chi connectivity index (χ0v) is 27.4. The third kappa shape index (κ3) is 7.58. The van der Waals surface area contributed by atoms with E-state index in [2.05, 4.69) is 17.2 Å². The van der Waals surface area contributed by atoms with E-state index in [-0.39, 0.29) is 31.3 Å². The predicted molar refractivity (Wildman–Crippen MR) is 177 cm³/mol. The number of benzene rings is 4. The van der Waals surface area contributed by atoms with Crippen LogP contribution in [0.2, 0.25) is 0 Å². The average Bonchev–Trinajstić information content (AvgIpc) is 3.16. The van der Waals surface area contributed by atoms with Crippen LogP contribution in [0.25, 0.3) is 11.1 Å². The van der Waals surface area contributed by atoms with Gasteiger partial charge < -0.3 is 19.9 Å².